The van der Waals surface area contributed by atoms with Crippen LogP contribution < -0.4 is 10.6 Å². The highest BCUT2D eigenvalue weighted by Crippen LogP contribution is 2.44. The molecule has 1 saturated carbocycles. The normalized spacial score (nSPS) is 15.3. The minimum atomic E-state index is -1.38. The maximum absolute atomic E-state index is 13.0. The summed E-state index contributed by atoms with van der Waals surface area (Å²) in [5.74, 6) is -2.87. The van der Waals surface area contributed by atoms with Gasteiger partial charge in [0.05, 0.1) is 6.42 Å². The second-order valence-corrected chi connectivity index (χ2v) is 9.75. The number of benzene rings is 3. The molecule has 1 atom stereocenters. The van der Waals surface area contributed by atoms with Crippen molar-refractivity contribution in [3.8, 4) is 11.1 Å². The molecule has 5 rings (SSSR count). The number of fused-ring (bicyclic) bond motifs is 3. The molecule has 0 unspecified atom stereocenters. The number of hydrogen-bond acceptors (Lipinski definition) is 6. The van der Waals surface area contributed by atoms with Crippen LogP contribution in [0.2, 0.25) is 0 Å². The smallest absolute Gasteiger partial charge is 0.407 e. The third kappa shape index (κ3) is 5.77. The molecule has 3 aromatic rings. The molecule has 9 nitrogen and oxygen atoms in total. The minimum absolute atomic E-state index is 0.00196. The molecule has 200 valence electrons. The average Bonchev–Trinajstić information content (AvgIpc) is 3.66. The van der Waals surface area contributed by atoms with Crippen molar-refractivity contribution >= 4 is 23.9 Å². The molecule has 0 aliphatic heterocycles. The number of carbonyl (C=O) groups is 4. The molecule has 0 saturated heterocycles. The van der Waals surface area contributed by atoms with Crippen LogP contribution in [0.1, 0.15) is 41.9 Å². The number of nitrogens with one attached hydrogen (secondary N) is 2. The number of carboxylic acid groups (broad SMARTS) is 1. The van der Waals surface area contributed by atoms with E-state index in [-0.39, 0.29) is 32.0 Å². The second-order valence-electron chi connectivity index (χ2n) is 9.75. The van der Waals surface area contributed by atoms with E-state index in [2.05, 4.69) is 10.6 Å². The lowest BCUT2D eigenvalue weighted by Gasteiger charge is -2.21. The monoisotopic (exact) mass is 528 g/mol. The molecule has 9 heteroatoms. The van der Waals surface area contributed by atoms with Crippen LogP contribution in [0.5, 0.6) is 0 Å². The van der Waals surface area contributed by atoms with Gasteiger partial charge in [0, 0.05) is 5.92 Å². The number of carbonyl (C=O) groups excluding carboxylic acids is 3. The maximum Gasteiger partial charge on any atom is 0.407 e. The maximum atomic E-state index is 13.0. The third-order valence-electron chi connectivity index (χ3n) is 7.09. The van der Waals surface area contributed by atoms with Crippen molar-refractivity contribution in [2.75, 3.05) is 6.61 Å². The Balaban J connectivity index is 1.24. The molecule has 2 aliphatic rings. The number of amides is 2. The van der Waals surface area contributed by atoms with E-state index in [1.165, 1.54) is 0 Å². The van der Waals surface area contributed by atoms with E-state index in [0.717, 1.165) is 27.8 Å². The molecule has 0 heterocycles. The molecule has 1 fully saturated rings. The zero-order valence-electron chi connectivity index (χ0n) is 21.1. The molecule has 3 N–H and O–H groups in total. The summed E-state index contributed by atoms with van der Waals surface area (Å²) in [5, 5.41) is 14.4. The van der Waals surface area contributed by atoms with Gasteiger partial charge in [-0.05, 0) is 40.7 Å². The summed E-state index contributed by atoms with van der Waals surface area (Å²) in [4.78, 5) is 50.0. The first-order valence-electron chi connectivity index (χ1n) is 12.7. The molecule has 0 spiro atoms. The zero-order valence-corrected chi connectivity index (χ0v) is 21.1. The summed E-state index contributed by atoms with van der Waals surface area (Å²) in [6.45, 7) is 0.0176. The van der Waals surface area contributed by atoms with E-state index < -0.39 is 41.9 Å². The van der Waals surface area contributed by atoms with Crippen molar-refractivity contribution in [2.24, 2.45) is 0 Å². The zero-order chi connectivity index (χ0) is 27.4. The van der Waals surface area contributed by atoms with Crippen LogP contribution in [0.15, 0.2) is 78.9 Å². The molecule has 3 aromatic carbocycles. The molecular formula is C30H28N2O7. The number of aliphatic carboxylic acids is 1. The Morgan fingerprint density at radius 3 is 2.03 bits per heavy atom. The summed E-state index contributed by atoms with van der Waals surface area (Å²) in [5.41, 5.74) is 3.59. The van der Waals surface area contributed by atoms with Crippen molar-refractivity contribution in [3.63, 3.8) is 0 Å². The average molecular weight is 529 g/mol. The minimum Gasteiger partial charge on any atom is -0.480 e. The quantitative estimate of drug-likeness (QED) is 0.342. The van der Waals surface area contributed by atoms with E-state index in [0.29, 0.717) is 0 Å². The van der Waals surface area contributed by atoms with Crippen LogP contribution in [0.25, 0.3) is 11.1 Å². The van der Waals surface area contributed by atoms with Crippen LogP contribution in [-0.4, -0.2) is 47.2 Å². The van der Waals surface area contributed by atoms with Gasteiger partial charge in [0.2, 0.25) is 5.91 Å². The van der Waals surface area contributed by atoms with Crippen molar-refractivity contribution in [1.29, 1.82) is 0 Å². The number of hydrogen-bond donors (Lipinski definition) is 3. The lowest BCUT2D eigenvalue weighted by Crippen LogP contribution is -2.53. The number of ether oxygens (including phenoxy) is 2. The van der Waals surface area contributed by atoms with Gasteiger partial charge in [0.15, 0.2) is 0 Å². The molecular weight excluding hydrogens is 500 g/mol. The van der Waals surface area contributed by atoms with Crippen LogP contribution in [0, 0.1) is 0 Å². The largest absolute Gasteiger partial charge is 0.480 e. The van der Waals surface area contributed by atoms with E-state index >= 15 is 0 Å². The summed E-state index contributed by atoms with van der Waals surface area (Å²) in [6.07, 6.45) is -0.847. The van der Waals surface area contributed by atoms with Gasteiger partial charge in [0.1, 0.15) is 24.8 Å². The first-order valence-corrected chi connectivity index (χ1v) is 12.7. The second kappa shape index (κ2) is 11.0. The van der Waals surface area contributed by atoms with Gasteiger partial charge in [-0.3, -0.25) is 9.59 Å². The van der Waals surface area contributed by atoms with Crippen molar-refractivity contribution in [1.82, 2.24) is 10.6 Å². The molecule has 2 amide bonds. The van der Waals surface area contributed by atoms with Gasteiger partial charge < -0.3 is 25.2 Å². The van der Waals surface area contributed by atoms with E-state index in [1.54, 1.807) is 24.3 Å². The van der Waals surface area contributed by atoms with Crippen molar-refractivity contribution in [2.45, 2.75) is 43.4 Å². The summed E-state index contributed by atoms with van der Waals surface area (Å²) >= 11 is 0. The third-order valence-corrected chi connectivity index (χ3v) is 7.09. The SMILES string of the molecule is O=C(C[C@H](NC(=O)OCC1c2ccccc2-c2ccccc21)C(=O)NC1(C(=O)O)CC1)OCc1ccccc1. The van der Waals surface area contributed by atoms with Gasteiger partial charge in [-0.1, -0.05) is 78.9 Å². The first-order chi connectivity index (χ1) is 18.9. The van der Waals surface area contributed by atoms with Crippen LogP contribution in [0.3, 0.4) is 0 Å². The Labute approximate surface area is 225 Å². The molecule has 0 bridgehead atoms. The Morgan fingerprint density at radius 1 is 0.846 bits per heavy atom. The Kier molecular flexibility index (Phi) is 7.31. The fourth-order valence-corrected chi connectivity index (χ4v) is 4.80. The lowest BCUT2D eigenvalue weighted by atomic mass is 9.98. The highest BCUT2D eigenvalue weighted by molar-refractivity contribution is 5.95. The molecule has 0 radical (unpaired) electrons. The summed E-state index contributed by atoms with van der Waals surface area (Å²) in [7, 11) is 0. The predicted molar refractivity (Wildman–Crippen MR) is 141 cm³/mol. The summed E-state index contributed by atoms with van der Waals surface area (Å²) in [6, 6.07) is 23.4. The highest BCUT2D eigenvalue weighted by atomic mass is 16.5. The number of esters is 1. The van der Waals surface area contributed by atoms with Crippen LogP contribution in [0.4, 0.5) is 4.79 Å². The van der Waals surface area contributed by atoms with Gasteiger partial charge in [-0.2, -0.15) is 0 Å². The fraction of sp³-hybridized carbons (Fsp3) is 0.267. The lowest BCUT2D eigenvalue weighted by molar-refractivity contribution is -0.147. The Hall–Kier alpha value is -4.66. The topological polar surface area (TPSA) is 131 Å². The van der Waals surface area contributed by atoms with Crippen molar-refractivity contribution < 1.29 is 33.8 Å². The standard InChI is InChI=1S/C30H28N2O7/c33-26(38-17-19-8-2-1-3-9-19)16-25(27(34)32-30(14-15-30)28(35)36)31-29(37)39-18-24-22-12-6-4-10-20(22)21-11-5-7-13-23(21)24/h1-13,24-25H,14-18H2,(H,31,37)(H,32,34)(H,35,36)/t25-/m0/s1. The first kappa shape index (κ1) is 26.0. The predicted octanol–water partition coefficient (Wildman–Crippen LogP) is 3.76. The van der Waals surface area contributed by atoms with Gasteiger partial charge in [-0.25, -0.2) is 9.59 Å². The van der Waals surface area contributed by atoms with Crippen molar-refractivity contribution in [3.05, 3.63) is 95.6 Å². The van der Waals surface area contributed by atoms with E-state index in [4.69, 9.17) is 9.47 Å². The van der Waals surface area contributed by atoms with Gasteiger partial charge in [0.25, 0.3) is 0 Å². The number of carboxylic acids is 1. The Bertz CT molecular complexity index is 1360. The van der Waals surface area contributed by atoms with Gasteiger partial charge >= 0.3 is 18.0 Å². The van der Waals surface area contributed by atoms with E-state index in [9.17, 15) is 24.3 Å². The van der Waals surface area contributed by atoms with Crippen LogP contribution in [-0.2, 0) is 30.5 Å². The fourth-order valence-electron chi connectivity index (χ4n) is 4.80. The molecule has 2 aliphatic carbocycles. The summed E-state index contributed by atoms with van der Waals surface area (Å²) < 4.78 is 10.8. The highest BCUT2D eigenvalue weighted by Gasteiger charge is 2.52. The van der Waals surface area contributed by atoms with E-state index in [1.807, 2.05) is 54.6 Å². The number of alkyl carbamates (subject to hydrolysis) is 1. The number of rotatable bonds is 10. The molecule has 0 aromatic heterocycles. The van der Waals surface area contributed by atoms with Crippen LogP contribution >= 0.6 is 0 Å². The molecule has 39 heavy (non-hydrogen) atoms. The van der Waals surface area contributed by atoms with Gasteiger partial charge in [-0.15, -0.1) is 0 Å². The Morgan fingerprint density at radius 2 is 1.44 bits per heavy atom.